The summed E-state index contributed by atoms with van der Waals surface area (Å²) in [7, 11) is 3.55. The van der Waals surface area contributed by atoms with Gasteiger partial charge in [-0.1, -0.05) is 0 Å². The van der Waals surface area contributed by atoms with Gasteiger partial charge in [0.2, 0.25) is 5.91 Å². The Bertz CT molecular complexity index is 646. The Balaban J connectivity index is 1.86. The van der Waals surface area contributed by atoms with Gasteiger partial charge in [0.05, 0.1) is 12.2 Å². The van der Waals surface area contributed by atoms with Crippen LogP contribution in [-0.4, -0.2) is 48.5 Å². The predicted molar refractivity (Wildman–Crippen MR) is 73.5 cm³/mol. The number of carboxylic acid groups (broad SMARTS) is 1. The van der Waals surface area contributed by atoms with E-state index in [0.29, 0.717) is 13.1 Å². The van der Waals surface area contributed by atoms with Gasteiger partial charge in [-0.15, -0.1) is 0 Å². The zero-order valence-electron chi connectivity index (χ0n) is 11.9. The molecule has 0 aromatic carbocycles. The third-order valence-electron chi connectivity index (χ3n) is 3.16. The second-order valence-electron chi connectivity index (χ2n) is 4.72. The van der Waals surface area contributed by atoms with Gasteiger partial charge in [-0.25, -0.2) is 4.79 Å². The van der Waals surface area contributed by atoms with E-state index in [0.717, 1.165) is 5.69 Å². The first-order valence-electron chi connectivity index (χ1n) is 6.45. The summed E-state index contributed by atoms with van der Waals surface area (Å²) in [4.78, 5) is 24.4. The van der Waals surface area contributed by atoms with E-state index in [-0.39, 0.29) is 18.0 Å². The first kappa shape index (κ1) is 14.8. The van der Waals surface area contributed by atoms with E-state index in [1.807, 2.05) is 13.1 Å². The SMILES string of the molecule is CN(Cc1ccnn1C)C(=O)CCn1ccc(C(=O)O)n1. The fourth-order valence-electron chi connectivity index (χ4n) is 1.89. The fourth-order valence-corrected chi connectivity index (χ4v) is 1.89. The van der Waals surface area contributed by atoms with Crippen molar-refractivity contribution in [2.24, 2.45) is 7.05 Å². The molecule has 8 nitrogen and oxygen atoms in total. The van der Waals surface area contributed by atoms with Gasteiger partial charge in [-0.3, -0.25) is 14.2 Å². The molecule has 0 bridgehead atoms. The average Bonchev–Trinajstić information content (AvgIpc) is 3.06. The number of rotatable bonds is 6. The molecule has 21 heavy (non-hydrogen) atoms. The minimum atomic E-state index is -1.08. The Morgan fingerprint density at radius 3 is 2.71 bits per heavy atom. The van der Waals surface area contributed by atoms with E-state index in [9.17, 15) is 9.59 Å². The van der Waals surface area contributed by atoms with Gasteiger partial charge in [-0.2, -0.15) is 10.2 Å². The molecule has 0 saturated carbocycles. The Morgan fingerprint density at radius 1 is 1.38 bits per heavy atom. The summed E-state index contributed by atoms with van der Waals surface area (Å²) in [5.41, 5.74) is 0.920. The zero-order valence-corrected chi connectivity index (χ0v) is 11.9. The van der Waals surface area contributed by atoms with Crippen LogP contribution in [0, 0.1) is 0 Å². The van der Waals surface area contributed by atoms with Crippen molar-refractivity contribution < 1.29 is 14.7 Å². The van der Waals surface area contributed by atoms with Crippen molar-refractivity contribution in [3.8, 4) is 0 Å². The number of carbonyl (C=O) groups is 2. The van der Waals surface area contributed by atoms with Gasteiger partial charge in [0, 0.05) is 39.5 Å². The molecule has 0 unspecified atom stereocenters. The number of amides is 1. The fraction of sp³-hybridized carbons (Fsp3) is 0.385. The van der Waals surface area contributed by atoms with E-state index in [1.54, 1.807) is 29.0 Å². The molecule has 2 aromatic heterocycles. The molecule has 0 aliphatic heterocycles. The maximum atomic E-state index is 12.0. The number of aromatic nitrogens is 4. The van der Waals surface area contributed by atoms with Gasteiger partial charge >= 0.3 is 5.97 Å². The molecule has 0 radical (unpaired) electrons. The van der Waals surface area contributed by atoms with Gasteiger partial charge in [-0.05, 0) is 12.1 Å². The second-order valence-corrected chi connectivity index (χ2v) is 4.72. The molecule has 2 aromatic rings. The Morgan fingerprint density at radius 2 is 2.14 bits per heavy atom. The summed E-state index contributed by atoms with van der Waals surface area (Å²) in [6.45, 7) is 0.830. The lowest BCUT2D eigenvalue weighted by molar-refractivity contribution is -0.130. The molecule has 0 aliphatic carbocycles. The van der Waals surface area contributed by atoms with Crippen LogP contribution in [0.5, 0.6) is 0 Å². The van der Waals surface area contributed by atoms with Crippen molar-refractivity contribution >= 4 is 11.9 Å². The molecule has 1 amide bonds. The lowest BCUT2D eigenvalue weighted by Gasteiger charge is -2.17. The predicted octanol–water partition coefficient (Wildman–Crippen LogP) is 0.363. The van der Waals surface area contributed by atoms with Crippen molar-refractivity contribution in [2.75, 3.05) is 7.05 Å². The normalized spacial score (nSPS) is 10.6. The summed E-state index contributed by atoms with van der Waals surface area (Å²) in [6.07, 6.45) is 3.50. The molecule has 0 aliphatic rings. The molecule has 0 spiro atoms. The Labute approximate surface area is 121 Å². The maximum absolute atomic E-state index is 12.0. The van der Waals surface area contributed by atoms with Crippen LogP contribution in [0.15, 0.2) is 24.5 Å². The molecule has 2 rings (SSSR count). The van der Waals surface area contributed by atoms with Gasteiger partial charge in [0.15, 0.2) is 5.69 Å². The highest BCUT2D eigenvalue weighted by Gasteiger charge is 2.12. The topological polar surface area (TPSA) is 93.2 Å². The Kier molecular flexibility index (Phi) is 4.36. The van der Waals surface area contributed by atoms with Crippen LogP contribution in [0.2, 0.25) is 0 Å². The first-order chi connectivity index (χ1) is 9.97. The smallest absolute Gasteiger partial charge is 0.356 e. The van der Waals surface area contributed by atoms with Crippen molar-refractivity contribution in [1.82, 2.24) is 24.5 Å². The standard InChI is InChI=1S/C13H17N5O3/c1-16(9-10-3-6-14-17(10)2)12(19)5-8-18-7-4-11(15-18)13(20)21/h3-4,6-7H,5,8-9H2,1-2H3,(H,20,21). The lowest BCUT2D eigenvalue weighted by Crippen LogP contribution is -2.28. The molecule has 112 valence electrons. The third-order valence-corrected chi connectivity index (χ3v) is 3.16. The molecular formula is C13H17N5O3. The van der Waals surface area contributed by atoms with Gasteiger partial charge in [0.25, 0.3) is 0 Å². The number of nitrogens with zero attached hydrogens (tertiary/aromatic N) is 5. The van der Waals surface area contributed by atoms with Crippen LogP contribution >= 0.6 is 0 Å². The summed E-state index contributed by atoms with van der Waals surface area (Å²) >= 11 is 0. The Hall–Kier alpha value is -2.64. The highest BCUT2D eigenvalue weighted by atomic mass is 16.4. The van der Waals surface area contributed by atoms with Crippen LogP contribution in [-0.2, 0) is 24.9 Å². The van der Waals surface area contributed by atoms with E-state index in [2.05, 4.69) is 10.2 Å². The molecule has 2 heterocycles. The molecule has 0 fully saturated rings. The number of carboxylic acids is 1. The van der Waals surface area contributed by atoms with Gasteiger partial charge < -0.3 is 10.0 Å². The quantitative estimate of drug-likeness (QED) is 0.829. The molecular weight excluding hydrogens is 274 g/mol. The van der Waals surface area contributed by atoms with Gasteiger partial charge in [0.1, 0.15) is 0 Å². The van der Waals surface area contributed by atoms with Crippen LogP contribution < -0.4 is 0 Å². The number of aromatic carboxylic acids is 1. The molecule has 8 heteroatoms. The maximum Gasteiger partial charge on any atom is 0.356 e. The van der Waals surface area contributed by atoms with E-state index in [4.69, 9.17) is 5.11 Å². The zero-order chi connectivity index (χ0) is 15.4. The minimum absolute atomic E-state index is 0.0225. The van der Waals surface area contributed by atoms with E-state index < -0.39 is 5.97 Å². The number of hydrogen-bond donors (Lipinski definition) is 1. The monoisotopic (exact) mass is 291 g/mol. The van der Waals surface area contributed by atoms with Crippen molar-refractivity contribution in [2.45, 2.75) is 19.5 Å². The summed E-state index contributed by atoms with van der Waals surface area (Å²) in [6, 6.07) is 3.27. The summed E-state index contributed by atoms with van der Waals surface area (Å²) in [5.74, 6) is -1.11. The van der Waals surface area contributed by atoms with Crippen molar-refractivity contribution in [3.05, 3.63) is 35.9 Å². The van der Waals surface area contributed by atoms with Crippen LogP contribution in [0.1, 0.15) is 22.6 Å². The molecule has 0 saturated heterocycles. The minimum Gasteiger partial charge on any atom is -0.476 e. The van der Waals surface area contributed by atoms with E-state index >= 15 is 0 Å². The number of hydrogen-bond acceptors (Lipinski definition) is 4. The summed E-state index contributed by atoms with van der Waals surface area (Å²) in [5, 5.41) is 16.7. The highest BCUT2D eigenvalue weighted by Crippen LogP contribution is 2.04. The van der Waals surface area contributed by atoms with Crippen LogP contribution in [0.4, 0.5) is 0 Å². The van der Waals surface area contributed by atoms with Crippen LogP contribution in [0.25, 0.3) is 0 Å². The van der Waals surface area contributed by atoms with Crippen molar-refractivity contribution in [1.29, 1.82) is 0 Å². The number of aryl methyl sites for hydroxylation is 2. The lowest BCUT2D eigenvalue weighted by atomic mass is 10.3. The third kappa shape index (κ3) is 3.68. The van der Waals surface area contributed by atoms with E-state index in [1.165, 1.54) is 10.7 Å². The second kappa shape index (κ2) is 6.21. The molecule has 1 N–H and O–H groups in total. The first-order valence-corrected chi connectivity index (χ1v) is 6.45. The average molecular weight is 291 g/mol. The van der Waals surface area contributed by atoms with Crippen molar-refractivity contribution in [3.63, 3.8) is 0 Å². The van der Waals surface area contributed by atoms with Crippen LogP contribution in [0.3, 0.4) is 0 Å². The highest BCUT2D eigenvalue weighted by molar-refractivity contribution is 5.85. The summed E-state index contributed by atoms with van der Waals surface area (Å²) < 4.78 is 3.18. The molecule has 0 atom stereocenters. The number of carbonyl (C=O) groups excluding carboxylic acids is 1. The largest absolute Gasteiger partial charge is 0.476 e.